The van der Waals surface area contributed by atoms with Gasteiger partial charge in [-0.25, -0.2) is 9.78 Å². The molecule has 1 aromatic rings. The third kappa shape index (κ3) is 9.95. The molecule has 1 aromatic heterocycles. The van der Waals surface area contributed by atoms with E-state index in [4.69, 9.17) is 4.74 Å². The van der Waals surface area contributed by atoms with Crippen LogP contribution in [0.2, 0.25) is 0 Å². The second-order valence-electron chi connectivity index (χ2n) is 8.17. The number of ether oxygens (including phenoxy) is 1. The molecule has 0 aromatic carbocycles. The molecule has 8 nitrogen and oxygen atoms in total. The first-order chi connectivity index (χ1) is 12.4. The lowest BCUT2D eigenvalue weighted by molar-refractivity contribution is 0.0474. The number of amides is 1. The molecule has 0 saturated heterocycles. The van der Waals surface area contributed by atoms with E-state index in [1.807, 2.05) is 65.7 Å². The van der Waals surface area contributed by atoms with E-state index in [0.717, 1.165) is 11.4 Å². The number of aliphatic imine (C=N–C) groups is 1. The number of anilines is 1. The van der Waals surface area contributed by atoms with Gasteiger partial charge < -0.3 is 25.6 Å². The molecule has 0 aliphatic carbocycles. The number of halogens is 1. The monoisotopic (exact) mass is 506 g/mol. The lowest BCUT2D eigenvalue weighted by Crippen LogP contribution is -2.54. The van der Waals surface area contributed by atoms with E-state index in [0.29, 0.717) is 19.0 Å². The molecule has 0 radical (unpaired) electrons. The molecule has 0 spiro atoms. The molecule has 28 heavy (non-hydrogen) atoms. The lowest BCUT2D eigenvalue weighted by atomic mass is 10.1. The number of nitrogens with one attached hydrogen (secondary N) is 3. The van der Waals surface area contributed by atoms with Gasteiger partial charge >= 0.3 is 6.09 Å². The first kappa shape index (κ1) is 26.2. The number of pyridine rings is 1. The van der Waals surface area contributed by atoms with Crippen LogP contribution in [0.4, 0.5) is 10.6 Å². The maximum Gasteiger partial charge on any atom is 0.408 e. The zero-order valence-electron chi connectivity index (χ0n) is 18.2. The van der Waals surface area contributed by atoms with Crippen LogP contribution in [0.3, 0.4) is 0 Å². The van der Waals surface area contributed by atoms with Crippen molar-refractivity contribution in [2.24, 2.45) is 4.99 Å². The highest BCUT2D eigenvalue weighted by atomic mass is 127. The Hall–Kier alpha value is -1.78. The van der Waals surface area contributed by atoms with E-state index in [1.54, 1.807) is 13.2 Å². The van der Waals surface area contributed by atoms with Gasteiger partial charge in [-0.3, -0.25) is 4.99 Å². The molecule has 0 aliphatic heterocycles. The number of carbonyl (C=O) groups is 1. The second kappa shape index (κ2) is 11.3. The molecule has 0 saturated carbocycles. The van der Waals surface area contributed by atoms with Gasteiger partial charge in [-0.1, -0.05) is 6.07 Å². The Bertz CT molecular complexity index is 656. The van der Waals surface area contributed by atoms with Crippen molar-refractivity contribution in [3.05, 3.63) is 23.9 Å². The highest BCUT2D eigenvalue weighted by molar-refractivity contribution is 14.0. The summed E-state index contributed by atoms with van der Waals surface area (Å²) in [5.74, 6) is 1.55. The first-order valence-electron chi connectivity index (χ1n) is 9.00. The van der Waals surface area contributed by atoms with Gasteiger partial charge in [0.25, 0.3) is 0 Å². The predicted molar refractivity (Wildman–Crippen MR) is 126 cm³/mol. The molecule has 0 fully saturated rings. The maximum absolute atomic E-state index is 12.0. The van der Waals surface area contributed by atoms with E-state index in [1.165, 1.54) is 0 Å². The van der Waals surface area contributed by atoms with Crippen molar-refractivity contribution in [3.8, 4) is 0 Å². The van der Waals surface area contributed by atoms with Crippen molar-refractivity contribution in [3.63, 3.8) is 0 Å². The van der Waals surface area contributed by atoms with Crippen molar-refractivity contribution in [2.75, 3.05) is 32.6 Å². The van der Waals surface area contributed by atoms with E-state index in [9.17, 15) is 4.79 Å². The zero-order chi connectivity index (χ0) is 20.7. The van der Waals surface area contributed by atoms with Gasteiger partial charge in [-0.05, 0) is 40.7 Å². The van der Waals surface area contributed by atoms with E-state index in [2.05, 4.69) is 25.9 Å². The fraction of sp³-hybridized carbons (Fsp3) is 0.632. The summed E-state index contributed by atoms with van der Waals surface area (Å²) in [5.41, 5.74) is 0.0267. The fourth-order valence-corrected chi connectivity index (χ4v) is 2.30. The highest BCUT2D eigenvalue weighted by Crippen LogP contribution is 2.13. The number of nitrogens with zero attached hydrogens (tertiary/aromatic N) is 3. The van der Waals surface area contributed by atoms with Crippen molar-refractivity contribution < 1.29 is 9.53 Å². The molecule has 0 unspecified atom stereocenters. The standard InChI is InChI=1S/C19H34N6O2.HI/c1-18(2,3)27-17(26)24-19(4,5)13-23-16(20-6)22-12-14-10-9-11-21-15(14)25(7)8;/h9-11H,12-13H2,1-8H3,(H,24,26)(H2,20,22,23);1H. The van der Waals surface area contributed by atoms with E-state index >= 15 is 0 Å². The summed E-state index contributed by atoms with van der Waals surface area (Å²) in [6.45, 7) is 10.4. The van der Waals surface area contributed by atoms with Gasteiger partial charge in [0.15, 0.2) is 5.96 Å². The van der Waals surface area contributed by atoms with Gasteiger partial charge in [0.1, 0.15) is 11.4 Å². The third-order valence-electron chi connectivity index (χ3n) is 3.50. The van der Waals surface area contributed by atoms with Crippen LogP contribution in [-0.2, 0) is 11.3 Å². The minimum atomic E-state index is -0.529. The van der Waals surface area contributed by atoms with Gasteiger partial charge in [0, 0.05) is 46.0 Å². The van der Waals surface area contributed by atoms with Gasteiger partial charge in [0.2, 0.25) is 0 Å². The summed E-state index contributed by atoms with van der Waals surface area (Å²) >= 11 is 0. The number of hydrogen-bond donors (Lipinski definition) is 3. The molecular weight excluding hydrogens is 471 g/mol. The summed E-state index contributed by atoms with van der Waals surface area (Å²) in [4.78, 5) is 22.6. The number of hydrogen-bond acceptors (Lipinski definition) is 5. The second-order valence-corrected chi connectivity index (χ2v) is 8.17. The Morgan fingerprint density at radius 2 is 1.86 bits per heavy atom. The summed E-state index contributed by atoms with van der Waals surface area (Å²) in [7, 11) is 5.63. The first-order valence-corrected chi connectivity index (χ1v) is 9.00. The number of aromatic nitrogens is 1. The topological polar surface area (TPSA) is 90.9 Å². The minimum Gasteiger partial charge on any atom is -0.444 e. The summed E-state index contributed by atoms with van der Waals surface area (Å²) in [5, 5.41) is 9.37. The van der Waals surface area contributed by atoms with Crippen LogP contribution in [0.15, 0.2) is 23.3 Å². The molecule has 160 valence electrons. The van der Waals surface area contributed by atoms with Crippen LogP contribution in [0, 0.1) is 0 Å². The predicted octanol–water partition coefficient (Wildman–Crippen LogP) is 2.73. The van der Waals surface area contributed by atoms with Crippen LogP contribution < -0.4 is 20.9 Å². The van der Waals surface area contributed by atoms with Crippen molar-refractivity contribution in [1.82, 2.24) is 20.9 Å². The largest absolute Gasteiger partial charge is 0.444 e. The molecular formula is C19H35IN6O2. The molecule has 1 amide bonds. The number of alkyl carbamates (subject to hydrolysis) is 1. The van der Waals surface area contributed by atoms with Crippen LogP contribution in [0.1, 0.15) is 40.2 Å². The number of carbonyl (C=O) groups excluding carboxylic acids is 1. The average Bonchev–Trinajstić information content (AvgIpc) is 2.52. The fourth-order valence-electron chi connectivity index (χ4n) is 2.30. The SMILES string of the molecule is CN=C(NCc1cccnc1N(C)C)NCC(C)(C)NC(=O)OC(C)(C)C.I. The van der Waals surface area contributed by atoms with Gasteiger partial charge in [-0.15, -0.1) is 24.0 Å². The summed E-state index contributed by atoms with van der Waals surface area (Å²) in [6.07, 6.45) is 1.33. The van der Waals surface area contributed by atoms with Crippen molar-refractivity contribution in [1.29, 1.82) is 0 Å². The third-order valence-corrected chi connectivity index (χ3v) is 3.50. The molecule has 3 N–H and O–H groups in total. The maximum atomic E-state index is 12.0. The quantitative estimate of drug-likeness (QED) is 0.312. The minimum absolute atomic E-state index is 0. The van der Waals surface area contributed by atoms with Crippen LogP contribution in [0.25, 0.3) is 0 Å². The van der Waals surface area contributed by atoms with Crippen LogP contribution in [-0.4, -0.2) is 55.9 Å². The highest BCUT2D eigenvalue weighted by Gasteiger charge is 2.24. The molecule has 1 heterocycles. The Morgan fingerprint density at radius 3 is 2.39 bits per heavy atom. The summed E-state index contributed by atoms with van der Waals surface area (Å²) < 4.78 is 5.31. The molecule has 0 atom stereocenters. The van der Waals surface area contributed by atoms with E-state index < -0.39 is 17.2 Å². The lowest BCUT2D eigenvalue weighted by Gasteiger charge is -2.29. The Kier molecular flexibility index (Phi) is 10.6. The normalized spacial score (nSPS) is 11.9. The van der Waals surface area contributed by atoms with Crippen molar-refractivity contribution >= 4 is 41.8 Å². The van der Waals surface area contributed by atoms with Crippen LogP contribution >= 0.6 is 24.0 Å². The Balaban J connectivity index is 0.00000729. The smallest absolute Gasteiger partial charge is 0.408 e. The number of guanidine groups is 1. The molecule has 0 aliphatic rings. The molecule has 9 heteroatoms. The number of rotatable bonds is 6. The van der Waals surface area contributed by atoms with Crippen molar-refractivity contribution in [2.45, 2.75) is 52.3 Å². The molecule has 1 rings (SSSR count). The average molecular weight is 506 g/mol. The van der Waals surface area contributed by atoms with Crippen LogP contribution in [0.5, 0.6) is 0 Å². The molecule has 0 bridgehead atoms. The zero-order valence-corrected chi connectivity index (χ0v) is 20.5. The van der Waals surface area contributed by atoms with Gasteiger partial charge in [-0.2, -0.15) is 0 Å². The van der Waals surface area contributed by atoms with Gasteiger partial charge in [0.05, 0.1) is 5.54 Å². The Morgan fingerprint density at radius 1 is 1.21 bits per heavy atom. The summed E-state index contributed by atoms with van der Waals surface area (Å²) in [6, 6.07) is 3.94. The Labute approximate surface area is 185 Å². The van der Waals surface area contributed by atoms with E-state index in [-0.39, 0.29) is 24.0 Å².